The van der Waals surface area contributed by atoms with Crippen molar-refractivity contribution in [1.82, 2.24) is 20.5 Å². The van der Waals surface area contributed by atoms with Gasteiger partial charge in [0.05, 0.1) is 0 Å². The average molecular weight is 512 g/mol. The summed E-state index contributed by atoms with van der Waals surface area (Å²) in [6.07, 6.45) is 11.4. The second kappa shape index (κ2) is 13.1. The van der Waals surface area contributed by atoms with Crippen LogP contribution in [0, 0.1) is 0 Å². The Bertz CT molecular complexity index is 634. The van der Waals surface area contributed by atoms with Crippen molar-refractivity contribution in [2.45, 2.75) is 51.1 Å². The fourth-order valence-electron chi connectivity index (χ4n) is 4.06. The lowest BCUT2D eigenvalue weighted by molar-refractivity contribution is 0.225. The number of nitrogens with one attached hydrogen (secondary N) is 2. The zero-order valence-corrected chi connectivity index (χ0v) is 20.1. The van der Waals surface area contributed by atoms with Gasteiger partial charge in [0.1, 0.15) is 5.82 Å². The molecule has 0 aliphatic carbocycles. The van der Waals surface area contributed by atoms with Gasteiger partial charge in [-0.15, -0.1) is 30.6 Å². The molecule has 0 saturated carbocycles. The maximum atomic E-state index is 4.61. The van der Waals surface area contributed by atoms with Gasteiger partial charge in [0.15, 0.2) is 5.96 Å². The highest BCUT2D eigenvalue weighted by Crippen LogP contribution is 2.18. The molecule has 7 heteroatoms. The number of pyridine rings is 1. The summed E-state index contributed by atoms with van der Waals surface area (Å²) in [5, 5.41) is 7.06. The molecule has 0 radical (unpaired) electrons. The second-order valence-corrected chi connectivity index (χ2v) is 7.86. The number of hydrogen-bond donors (Lipinski definition) is 2. The Hall–Kier alpha value is -1.35. The Morgan fingerprint density at radius 2 is 1.93 bits per heavy atom. The summed E-state index contributed by atoms with van der Waals surface area (Å²) in [7, 11) is 1.84. The average Bonchev–Trinajstić information content (AvgIpc) is 3.02. The summed E-state index contributed by atoms with van der Waals surface area (Å²) in [4.78, 5) is 13.9. The predicted octanol–water partition coefficient (Wildman–Crippen LogP) is 3.40. The van der Waals surface area contributed by atoms with Crippen molar-refractivity contribution in [1.29, 1.82) is 0 Å². The largest absolute Gasteiger partial charge is 0.357 e. The second-order valence-electron chi connectivity index (χ2n) is 7.86. The molecule has 0 bridgehead atoms. The molecule has 2 fully saturated rings. The van der Waals surface area contributed by atoms with Crippen LogP contribution < -0.4 is 15.5 Å². The van der Waals surface area contributed by atoms with E-state index in [1.807, 2.05) is 19.3 Å². The van der Waals surface area contributed by atoms with Crippen LogP contribution in [-0.2, 0) is 6.54 Å². The molecular formula is C22H37IN6. The van der Waals surface area contributed by atoms with Gasteiger partial charge in [-0.1, -0.05) is 18.9 Å². The van der Waals surface area contributed by atoms with Crippen LogP contribution in [0.2, 0.25) is 0 Å². The van der Waals surface area contributed by atoms with E-state index in [2.05, 4.69) is 49.1 Å². The number of guanidine groups is 1. The Balaban J connectivity index is 0.00000300. The van der Waals surface area contributed by atoms with Crippen LogP contribution in [0.25, 0.3) is 0 Å². The number of anilines is 1. The van der Waals surface area contributed by atoms with E-state index >= 15 is 0 Å². The molecule has 6 nitrogen and oxygen atoms in total. The maximum absolute atomic E-state index is 4.61. The number of piperidine rings is 1. The normalized spacial score (nSPS) is 19.2. The van der Waals surface area contributed by atoms with E-state index in [0.717, 1.165) is 63.9 Å². The Morgan fingerprint density at radius 3 is 2.59 bits per heavy atom. The lowest BCUT2D eigenvalue weighted by Gasteiger charge is -2.32. The van der Waals surface area contributed by atoms with Gasteiger partial charge in [0.2, 0.25) is 0 Å². The molecule has 0 spiro atoms. The van der Waals surface area contributed by atoms with Gasteiger partial charge in [-0.3, -0.25) is 9.89 Å². The van der Waals surface area contributed by atoms with Crippen LogP contribution in [0.4, 0.5) is 5.82 Å². The number of rotatable bonds is 6. The van der Waals surface area contributed by atoms with Crippen LogP contribution in [0.3, 0.4) is 0 Å². The molecule has 162 valence electrons. The van der Waals surface area contributed by atoms with Crippen molar-refractivity contribution in [3.8, 4) is 0 Å². The summed E-state index contributed by atoms with van der Waals surface area (Å²) in [6, 6.07) is 4.80. The van der Waals surface area contributed by atoms with Gasteiger partial charge >= 0.3 is 0 Å². The highest BCUT2D eigenvalue weighted by atomic mass is 127. The number of hydrogen-bond acceptors (Lipinski definition) is 4. The van der Waals surface area contributed by atoms with Gasteiger partial charge in [0, 0.05) is 58.6 Å². The van der Waals surface area contributed by atoms with Crippen molar-refractivity contribution in [3.05, 3.63) is 36.5 Å². The summed E-state index contributed by atoms with van der Waals surface area (Å²) < 4.78 is 0. The predicted molar refractivity (Wildman–Crippen MR) is 133 cm³/mol. The fourth-order valence-corrected chi connectivity index (χ4v) is 4.06. The first-order valence-electron chi connectivity index (χ1n) is 10.8. The standard InChI is InChI=1S/C22H36N6.HI/c1-3-12-27-15-9-20(10-16-27)26-22(23-2)25-18-19-8-11-24-21(17-19)28-13-6-4-5-7-14-28;/h3,8,11,17,20H,1,4-7,9-10,12-16,18H2,2H3,(H2,23,25,26);1H. The molecule has 0 aromatic carbocycles. The highest BCUT2D eigenvalue weighted by Gasteiger charge is 2.19. The molecule has 1 aromatic rings. The van der Waals surface area contributed by atoms with Gasteiger partial charge in [-0.2, -0.15) is 0 Å². The van der Waals surface area contributed by atoms with E-state index in [1.165, 1.54) is 31.2 Å². The van der Waals surface area contributed by atoms with Crippen molar-refractivity contribution in [2.75, 3.05) is 44.7 Å². The number of aromatic nitrogens is 1. The van der Waals surface area contributed by atoms with Gasteiger partial charge in [-0.25, -0.2) is 4.98 Å². The molecule has 2 saturated heterocycles. The van der Waals surface area contributed by atoms with E-state index in [0.29, 0.717) is 6.04 Å². The van der Waals surface area contributed by atoms with Crippen LogP contribution in [-0.4, -0.2) is 61.7 Å². The van der Waals surface area contributed by atoms with E-state index in [4.69, 9.17) is 0 Å². The Labute approximate surface area is 193 Å². The first kappa shape index (κ1) is 23.9. The van der Waals surface area contributed by atoms with Crippen LogP contribution in [0.5, 0.6) is 0 Å². The van der Waals surface area contributed by atoms with Gasteiger partial charge in [0.25, 0.3) is 0 Å². The molecule has 2 N–H and O–H groups in total. The van der Waals surface area contributed by atoms with Crippen molar-refractivity contribution in [3.63, 3.8) is 0 Å². The summed E-state index contributed by atoms with van der Waals surface area (Å²) >= 11 is 0. The van der Waals surface area contributed by atoms with E-state index in [-0.39, 0.29) is 24.0 Å². The summed E-state index contributed by atoms with van der Waals surface area (Å²) in [6.45, 7) is 10.1. The monoisotopic (exact) mass is 512 g/mol. The van der Waals surface area contributed by atoms with Crippen LogP contribution in [0.1, 0.15) is 44.1 Å². The minimum atomic E-state index is 0. The molecular weight excluding hydrogens is 475 g/mol. The van der Waals surface area contributed by atoms with Crippen molar-refractivity contribution < 1.29 is 0 Å². The summed E-state index contributed by atoms with van der Waals surface area (Å²) in [5.41, 5.74) is 1.25. The topological polar surface area (TPSA) is 55.8 Å². The number of aliphatic imine (C=N–C) groups is 1. The zero-order chi connectivity index (χ0) is 19.6. The molecule has 0 atom stereocenters. The summed E-state index contributed by atoms with van der Waals surface area (Å²) in [5.74, 6) is 1.99. The first-order valence-corrected chi connectivity index (χ1v) is 10.8. The molecule has 2 aliphatic heterocycles. The molecule has 1 aromatic heterocycles. The maximum Gasteiger partial charge on any atom is 0.191 e. The van der Waals surface area contributed by atoms with Gasteiger partial charge in [-0.05, 0) is 43.4 Å². The molecule has 2 aliphatic rings. The third kappa shape index (κ3) is 7.77. The number of likely N-dealkylation sites (tertiary alicyclic amines) is 1. The molecule has 3 rings (SSSR count). The smallest absolute Gasteiger partial charge is 0.191 e. The number of nitrogens with zero attached hydrogens (tertiary/aromatic N) is 4. The first-order chi connectivity index (χ1) is 13.8. The SMILES string of the molecule is C=CCN1CCC(NC(=NC)NCc2ccnc(N3CCCCCC3)c2)CC1.I. The molecule has 3 heterocycles. The molecule has 0 amide bonds. The Morgan fingerprint density at radius 1 is 1.21 bits per heavy atom. The van der Waals surface area contributed by atoms with Crippen LogP contribution >= 0.6 is 24.0 Å². The lowest BCUT2D eigenvalue weighted by atomic mass is 10.1. The van der Waals surface area contributed by atoms with E-state index in [9.17, 15) is 0 Å². The molecule has 0 unspecified atom stereocenters. The minimum absolute atomic E-state index is 0. The number of halogens is 1. The van der Waals surface area contributed by atoms with Crippen molar-refractivity contribution in [2.24, 2.45) is 4.99 Å². The zero-order valence-electron chi connectivity index (χ0n) is 17.8. The quantitative estimate of drug-likeness (QED) is 0.265. The van der Waals surface area contributed by atoms with Crippen LogP contribution in [0.15, 0.2) is 36.0 Å². The third-order valence-electron chi connectivity index (χ3n) is 5.74. The van der Waals surface area contributed by atoms with Crippen molar-refractivity contribution >= 4 is 35.8 Å². The lowest BCUT2D eigenvalue weighted by Crippen LogP contribution is -2.48. The van der Waals surface area contributed by atoms with E-state index < -0.39 is 0 Å². The van der Waals surface area contributed by atoms with E-state index in [1.54, 1.807) is 0 Å². The highest BCUT2D eigenvalue weighted by molar-refractivity contribution is 14.0. The Kier molecular flexibility index (Phi) is 10.8. The molecule has 29 heavy (non-hydrogen) atoms. The third-order valence-corrected chi connectivity index (χ3v) is 5.74. The van der Waals surface area contributed by atoms with Gasteiger partial charge < -0.3 is 15.5 Å². The fraction of sp³-hybridized carbons (Fsp3) is 0.636. The minimum Gasteiger partial charge on any atom is -0.357 e.